The minimum Gasteiger partial charge on any atom is -0.378 e. The molecule has 0 unspecified atom stereocenters. The van der Waals surface area contributed by atoms with Crippen LogP contribution in [0, 0.1) is 0 Å². The molecule has 2 rings (SSSR count). The largest absolute Gasteiger partial charge is 0.378 e. The quantitative estimate of drug-likeness (QED) is 0.706. The number of carbonyl (C=O) groups is 2. The normalized spacial score (nSPS) is 15.7. The Labute approximate surface area is 97.3 Å². The minimum atomic E-state index is -0.283. The maximum atomic E-state index is 11.9. The number of nitrogens with zero attached hydrogens (tertiary/aromatic N) is 3. The molecule has 92 valence electrons. The lowest BCUT2D eigenvalue weighted by atomic mass is 10.4. The third-order valence-electron chi connectivity index (χ3n) is 2.27. The highest BCUT2D eigenvalue weighted by Crippen LogP contribution is 2.05. The molecule has 0 aliphatic carbocycles. The Morgan fingerprint density at radius 1 is 1.41 bits per heavy atom. The average molecular weight is 239 g/mol. The smallest absolute Gasteiger partial charge is 0.291 e. The van der Waals surface area contributed by atoms with E-state index in [-0.39, 0.29) is 23.6 Å². The number of aromatic amines is 1. The van der Waals surface area contributed by atoms with E-state index in [0.717, 1.165) is 0 Å². The summed E-state index contributed by atoms with van der Waals surface area (Å²) in [5.74, 6) is -0.295. The molecule has 8 heteroatoms. The molecule has 0 saturated carbocycles. The first-order valence-electron chi connectivity index (χ1n) is 5.24. The number of H-pyrrole nitrogens is 1. The first-order chi connectivity index (χ1) is 8.16. The summed E-state index contributed by atoms with van der Waals surface area (Å²) in [6.07, 6.45) is 0. The Morgan fingerprint density at radius 2 is 2.12 bits per heavy atom. The number of aromatic nitrogens is 3. The summed E-state index contributed by atoms with van der Waals surface area (Å²) >= 11 is 0. The topological polar surface area (TPSA) is 100 Å². The number of anilines is 1. The van der Waals surface area contributed by atoms with E-state index < -0.39 is 0 Å². The van der Waals surface area contributed by atoms with Crippen molar-refractivity contribution in [3.8, 4) is 0 Å². The van der Waals surface area contributed by atoms with Crippen LogP contribution in [0.3, 0.4) is 0 Å². The SMILES string of the molecule is CC(=O)Nc1n[nH]c(C(=O)N2CCOCC2)n1. The number of hydrogen-bond donors (Lipinski definition) is 2. The van der Waals surface area contributed by atoms with Gasteiger partial charge in [-0.1, -0.05) is 0 Å². The number of nitrogens with one attached hydrogen (secondary N) is 2. The molecule has 17 heavy (non-hydrogen) atoms. The van der Waals surface area contributed by atoms with Gasteiger partial charge in [-0.15, -0.1) is 5.10 Å². The summed E-state index contributed by atoms with van der Waals surface area (Å²) in [5, 5.41) is 8.62. The van der Waals surface area contributed by atoms with Crippen LogP contribution < -0.4 is 5.32 Å². The van der Waals surface area contributed by atoms with Crippen molar-refractivity contribution in [1.82, 2.24) is 20.1 Å². The number of carbonyl (C=O) groups excluding carboxylic acids is 2. The van der Waals surface area contributed by atoms with Crippen LogP contribution >= 0.6 is 0 Å². The van der Waals surface area contributed by atoms with E-state index in [2.05, 4.69) is 20.5 Å². The van der Waals surface area contributed by atoms with E-state index in [0.29, 0.717) is 26.3 Å². The molecule has 1 aromatic rings. The van der Waals surface area contributed by atoms with Gasteiger partial charge < -0.3 is 9.64 Å². The first-order valence-corrected chi connectivity index (χ1v) is 5.24. The van der Waals surface area contributed by atoms with Gasteiger partial charge in [-0.3, -0.25) is 20.0 Å². The number of hydrogen-bond acceptors (Lipinski definition) is 5. The molecule has 1 saturated heterocycles. The summed E-state index contributed by atoms with van der Waals surface area (Å²) in [7, 11) is 0. The highest BCUT2D eigenvalue weighted by Gasteiger charge is 2.21. The molecule has 1 aliphatic heterocycles. The Balaban J connectivity index is 2.03. The van der Waals surface area contributed by atoms with Gasteiger partial charge >= 0.3 is 0 Å². The Kier molecular flexibility index (Phi) is 3.33. The van der Waals surface area contributed by atoms with Crippen molar-refractivity contribution in [2.24, 2.45) is 0 Å². The molecule has 8 nitrogen and oxygen atoms in total. The van der Waals surface area contributed by atoms with E-state index in [1.807, 2.05) is 0 Å². The van der Waals surface area contributed by atoms with Gasteiger partial charge in [0.25, 0.3) is 5.91 Å². The van der Waals surface area contributed by atoms with Gasteiger partial charge in [-0.2, -0.15) is 4.98 Å². The second-order valence-corrected chi connectivity index (χ2v) is 3.59. The number of amides is 2. The Bertz CT molecular complexity index is 424. The standard InChI is InChI=1S/C9H13N5O3/c1-6(15)10-9-11-7(12-13-9)8(16)14-2-4-17-5-3-14/h2-5H2,1H3,(H2,10,11,12,13,15). The third kappa shape index (κ3) is 2.78. The molecule has 0 radical (unpaired) electrons. The van der Waals surface area contributed by atoms with E-state index in [1.165, 1.54) is 6.92 Å². The molecular weight excluding hydrogens is 226 g/mol. The second-order valence-electron chi connectivity index (χ2n) is 3.59. The Morgan fingerprint density at radius 3 is 2.76 bits per heavy atom. The summed E-state index contributed by atoms with van der Waals surface area (Å²) in [4.78, 5) is 28.2. The molecule has 2 heterocycles. The average Bonchev–Trinajstić information content (AvgIpc) is 2.77. The van der Waals surface area contributed by atoms with Crippen molar-refractivity contribution in [2.45, 2.75) is 6.92 Å². The van der Waals surface area contributed by atoms with Crippen LogP contribution in [0.1, 0.15) is 17.5 Å². The van der Waals surface area contributed by atoms with Gasteiger partial charge in [0, 0.05) is 20.0 Å². The predicted molar refractivity (Wildman–Crippen MR) is 57.4 cm³/mol. The predicted octanol–water partition coefficient (Wildman–Crippen LogP) is -0.764. The van der Waals surface area contributed by atoms with Crippen molar-refractivity contribution in [3.63, 3.8) is 0 Å². The molecule has 0 aromatic carbocycles. The van der Waals surface area contributed by atoms with E-state index in [4.69, 9.17) is 4.74 Å². The van der Waals surface area contributed by atoms with Crippen LogP contribution in [0.15, 0.2) is 0 Å². The zero-order valence-electron chi connectivity index (χ0n) is 9.39. The van der Waals surface area contributed by atoms with Crippen molar-refractivity contribution < 1.29 is 14.3 Å². The minimum absolute atomic E-state index is 0.106. The monoisotopic (exact) mass is 239 g/mol. The molecule has 0 bridgehead atoms. The Hall–Kier alpha value is -1.96. The van der Waals surface area contributed by atoms with E-state index in [9.17, 15) is 9.59 Å². The van der Waals surface area contributed by atoms with Gasteiger partial charge in [-0.25, -0.2) is 0 Å². The van der Waals surface area contributed by atoms with Crippen LogP contribution in [-0.4, -0.2) is 58.2 Å². The molecule has 0 atom stereocenters. The van der Waals surface area contributed by atoms with E-state index >= 15 is 0 Å². The molecule has 1 aromatic heterocycles. The molecule has 2 N–H and O–H groups in total. The second kappa shape index (κ2) is 4.91. The van der Waals surface area contributed by atoms with Gasteiger partial charge in [0.2, 0.25) is 17.7 Å². The molecule has 2 amide bonds. The van der Waals surface area contributed by atoms with Gasteiger partial charge in [-0.05, 0) is 0 Å². The third-order valence-corrected chi connectivity index (χ3v) is 2.27. The van der Waals surface area contributed by atoms with Crippen LogP contribution in [0.2, 0.25) is 0 Å². The van der Waals surface area contributed by atoms with Crippen LogP contribution in [0.4, 0.5) is 5.95 Å². The van der Waals surface area contributed by atoms with Crippen LogP contribution in [0.25, 0.3) is 0 Å². The molecular formula is C9H13N5O3. The fourth-order valence-corrected chi connectivity index (χ4v) is 1.49. The van der Waals surface area contributed by atoms with Crippen molar-refractivity contribution in [1.29, 1.82) is 0 Å². The first kappa shape index (κ1) is 11.5. The summed E-state index contributed by atoms with van der Waals surface area (Å²) < 4.78 is 5.15. The fourth-order valence-electron chi connectivity index (χ4n) is 1.49. The van der Waals surface area contributed by atoms with Crippen LogP contribution in [0.5, 0.6) is 0 Å². The summed E-state index contributed by atoms with van der Waals surface area (Å²) in [6.45, 7) is 3.47. The van der Waals surface area contributed by atoms with Crippen LogP contribution in [-0.2, 0) is 9.53 Å². The number of morpholine rings is 1. The van der Waals surface area contributed by atoms with Crippen molar-refractivity contribution >= 4 is 17.8 Å². The fraction of sp³-hybridized carbons (Fsp3) is 0.556. The van der Waals surface area contributed by atoms with Gasteiger partial charge in [0.05, 0.1) is 13.2 Å². The zero-order valence-corrected chi connectivity index (χ0v) is 9.39. The zero-order chi connectivity index (χ0) is 12.3. The molecule has 1 aliphatic rings. The number of ether oxygens (including phenoxy) is 1. The lowest BCUT2D eigenvalue weighted by molar-refractivity contribution is -0.114. The summed E-state index contributed by atoms with van der Waals surface area (Å²) in [5.41, 5.74) is 0. The van der Waals surface area contributed by atoms with Gasteiger partial charge in [0.1, 0.15) is 0 Å². The lowest BCUT2D eigenvalue weighted by Gasteiger charge is -2.25. The highest BCUT2D eigenvalue weighted by atomic mass is 16.5. The maximum Gasteiger partial charge on any atom is 0.291 e. The lowest BCUT2D eigenvalue weighted by Crippen LogP contribution is -2.41. The van der Waals surface area contributed by atoms with Gasteiger partial charge in [0.15, 0.2) is 0 Å². The molecule has 0 spiro atoms. The molecule has 1 fully saturated rings. The van der Waals surface area contributed by atoms with Crippen molar-refractivity contribution in [2.75, 3.05) is 31.6 Å². The van der Waals surface area contributed by atoms with Crippen molar-refractivity contribution in [3.05, 3.63) is 5.82 Å². The maximum absolute atomic E-state index is 11.9. The highest BCUT2D eigenvalue weighted by molar-refractivity contribution is 5.92. The number of rotatable bonds is 2. The summed E-state index contributed by atoms with van der Waals surface area (Å²) in [6, 6.07) is 0. The van der Waals surface area contributed by atoms with E-state index in [1.54, 1.807) is 4.90 Å².